The molecule has 2 aromatic heterocycles. The molecular weight excluding hydrogens is 312 g/mol. The highest BCUT2D eigenvalue weighted by atomic mass is 32.1. The average Bonchev–Trinajstić information content (AvgIpc) is 3.22. The Bertz CT molecular complexity index is 681. The highest BCUT2D eigenvalue weighted by Crippen LogP contribution is 2.25. The summed E-state index contributed by atoms with van der Waals surface area (Å²) < 4.78 is 5.98. The van der Waals surface area contributed by atoms with Gasteiger partial charge in [-0.1, -0.05) is 18.3 Å². The van der Waals surface area contributed by atoms with Gasteiger partial charge >= 0.3 is 0 Å². The zero-order chi connectivity index (χ0) is 16.4. The Kier molecular flexibility index (Phi) is 4.72. The predicted octanol–water partition coefficient (Wildman–Crippen LogP) is 1.35. The molecule has 3 heterocycles. The van der Waals surface area contributed by atoms with Crippen LogP contribution in [0, 0.1) is 0 Å². The van der Waals surface area contributed by atoms with Gasteiger partial charge in [-0.2, -0.15) is 0 Å². The maximum Gasteiger partial charge on any atom is 0.267 e. The number of imidazole rings is 1. The Morgan fingerprint density at radius 3 is 2.87 bits per heavy atom. The van der Waals surface area contributed by atoms with Gasteiger partial charge < -0.3 is 9.47 Å². The number of aromatic nitrogens is 4. The van der Waals surface area contributed by atoms with E-state index in [0.29, 0.717) is 11.4 Å². The number of aryl methyl sites for hydroxylation is 2. The van der Waals surface area contributed by atoms with Crippen LogP contribution in [-0.4, -0.2) is 61.0 Å². The van der Waals surface area contributed by atoms with Crippen LogP contribution in [0.3, 0.4) is 0 Å². The van der Waals surface area contributed by atoms with E-state index < -0.39 is 0 Å². The standard InChI is InChI=1S/C15H22N6OS/c1-4-11-13(23-18-17-11)15(22)21-9-8-20(5-2)12(10-21)14-16-6-7-19(14)3/h6-7,12H,4-5,8-10H2,1-3H3/t12-/m1/s1. The minimum atomic E-state index is 0.0480. The minimum Gasteiger partial charge on any atom is -0.337 e. The van der Waals surface area contributed by atoms with Crippen LogP contribution in [0.15, 0.2) is 12.4 Å². The Balaban J connectivity index is 1.83. The molecule has 0 unspecified atom stereocenters. The lowest BCUT2D eigenvalue weighted by Crippen LogP contribution is -2.50. The highest BCUT2D eigenvalue weighted by Gasteiger charge is 2.33. The van der Waals surface area contributed by atoms with E-state index in [1.807, 2.05) is 35.8 Å². The van der Waals surface area contributed by atoms with Crippen molar-refractivity contribution in [1.82, 2.24) is 28.9 Å². The molecule has 1 aliphatic heterocycles. The average molecular weight is 334 g/mol. The smallest absolute Gasteiger partial charge is 0.267 e. The summed E-state index contributed by atoms with van der Waals surface area (Å²) in [6.45, 7) is 7.33. The fraction of sp³-hybridized carbons (Fsp3) is 0.600. The first-order valence-electron chi connectivity index (χ1n) is 7.97. The van der Waals surface area contributed by atoms with E-state index in [2.05, 4.69) is 26.4 Å². The number of amides is 1. The van der Waals surface area contributed by atoms with Crippen molar-refractivity contribution < 1.29 is 4.79 Å². The molecule has 0 N–H and O–H groups in total. The first-order valence-corrected chi connectivity index (χ1v) is 8.74. The third-order valence-electron chi connectivity index (χ3n) is 4.43. The van der Waals surface area contributed by atoms with Gasteiger partial charge in [-0.15, -0.1) is 5.10 Å². The van der Waals surface area contributed by atoms with Crippen LogP contribution in [0.4, 0.5) is 0 Å². The van der Waals surface area contributed by atoms with Crippen molar-refractivity contribution in [2.75, 3.05) is 26.2 Å². The fourth-order valence-electron chi connectivity index (χ4n) is 3.07. The lowest BCUT2D eigenvalue weighted by Gasteiger charge is -2.40. The maximum absolute atomic E-state index is 12.8. The Labute approximate surface area is 140 Å². The molecule has 0 spiro atoms. The van der Waals surface area contributed by atoms with Gasteiger partial charge in [-0.3, -0.25) is 9.69 Å². The lowest BCUT2D eigenvalue weighted by atomic mass is 10.1. The number of nitrogens with zero attached hydrogens (tertiary/aromatic N) is 6. The van der Waals surface area contributed by atoms with Crippen molar-refractivity contribution in [3.63, 3.8) is 0 Å². The number of likely N-dealkylation sites (N-methyl/N-ethyl adjacent to an activating group) is 1. The Morgan fingerprint density at radius 2 is 2.22 bits per heavy atom. The molecule has 0 aliphatic carbocycles. The monoisotopic (exact) mass is 334 g/mol. The zero-order valence-corrected chi connectivity index (χ0v) is 14.6. The fourth-order valence-corrected chi connectivity index (χ4v) is 3.79. The molecule has 7 nitrogen and oxygen atoms in total. The van der Waals surface area contributed by atoms with Gasteiger partial charge in [-0.05, 0) is 24.5 Å². The van der Waals surface area contributed by atoms with Gasteiger partial charge in [0.05, 0.1) is 11.7 Å². The summed E-state index contributed by atoms with van der Waals surface area (Å²) in [4.78, 5) is 22.3. The molecule has 1 amide bonds. The number of piperazine rings is 1. The van der Waals surface area contributed by atoms with Gasteiger partial charge in [0.25, 0.3) is 5.91 Å². The number of rotatable bonds is 4. The van der Waals surface area contributed by atoms with Crippen molar-refractivity contribution in [2.24, 2.45) is 7.05 Å². The van der Waals surface area contributed by atoms with E-state index in [1.165, 1.54) is 11.5 Å². The molecular formula is C15H22N6OS. The topological polar surface area (TPSA) is 67.2 Å². The molecule has 23 heavy (non-hydrogen) atoms. The van der Waals surface area contributed by atoms with Gasteiger partial charge in [0.15, 0.2) is 0 Å². The largest absolute Gasteiger partial charge is 0.337 e. The summed E-state index contributed by atoms with van der Waals surface area (Å²) in [5.74, 6) is 1.05. The molecule has 1 saturated heterocycles. The minimum absolute atomic E-state index is 0.0480. The van der Waals surface area contributed by atoms with Crippen LogP contribution in [0.2, 0.25) is 0 Å². The first kappa shape index (κ1) is 16.1. The second-order valence-corrected chi connectivity index (χ2v) is 6.45. The second-order valence-electron chi connectivity index (χ2n) is 5.69. The number of hydrogen-bond acceptors (Lipinski definition) is 6. The lowest BCUT2D eigenvalue weighted by molar-refractivity contribution is 0.0476. The molecule has 124 valence electrons. The van der Waals surface area contributed by atoms with E-state index in [1.54, 1.807) is 0 Å². The summed E-state index contributed by atoms with van der Waals surface area (Å²) in [6.07, 6.45) is 4.49. The molecule has 1 atom stereocenters. The van der Waals surface area contributed by atoms with Crippen LogP contribution in [0.25, 0.3) is 0 Å². The van der Waals surface area contributed by atoms with Crippen LogP contribution < -0.4 is 0 Å². The van der Waals surface area contributed by atoms with Crippen LogP contribution in [-0.2, 0) is 13.5 Å². The summed E-state index contributed by atoms with van der Waals surface area (Å²) in [5.41, 5.74) is 0.798. The predicted molar refractivity (Wildman–Crippen MR) is 88.4 cm³/mol. The molecule has 0 aromatic carbocycles. The first-order chi connectivity index (χ1) is 11.2. The molecule has 0 radical (unpaired) electrons. The van der Waals surface area contributed by atoms with E-state index in [9.17, 15) is 4.79 Å². The van der Waals surface area contributed by atoms with Crippen LogP contribution >= 0.6 is 11.5 Å². The van der Waals surface area contributed by atoms with E-state index in [0.717, 1.165) is 37.6 Å². The van der Waals surface area contributed by atoms with Crippen molar-refractivity contribution in [1.29, 1.82) is 0 Å². The molecule has 2 aromatic rings. The van der Waals surface area contributed by atoms with Crippen LogP contribution in [0.1, 0.15) is 41.1 Å². The van der Waals surface area contributed by atoms with Crippen molar-refractivity contribution >= 4 is 17.4 Å². The summed E-state index contributed by atoms with van der Waals surface area (Å²) >= 11 is 1.20. The van der Waals surface area contributed by atoms with Crippen molar-refractivity contribution in [3.05, 3.63) is 28.8 Å². The Morgan fingerprint density at radius 1 is 1.39 bits per heavy atom. The zero-order valence-electron chi connectivity index (χ0n) is 13.8. The number of carbonyl (C=O) groups excluding carboxylic acids is 1. The number of carbonyl (C=O) groups is 1. The Hall–Kier alpha value is -1.80. The highest BCUT2D eigenvalue weighted by molar-refractivity contribution is 7.08. The van der Waals surface area contributed by atoms with Gasteiger partial charge in [-0.25, -0.2) is 4.98 Å². The molecule has 3 rings (SSSR count). The maximum atomic E-state index is 12.8. The SMILES string of the molecule is CCc1nnsc1C(=O)N1CCN(CC)[C@@H](c2nccn2C)C1. The van der Waals surface area contributed by atoms with Crippen LogP contribution in [0.5, 0.6) is 0 Å². The third kappa shape index (κ3) is 3.00. The molecule has 1 aliphatic rings. The summed E-state index contributed by atoms with van der Waals surface area (Å²) in [5, 5.41) is 4.06. The summed E-state index contributed by atoms with van der Waals surface area (Å²) in [6, 6.07) is 0.128. The molecule has 1 fully saturated rings. The van der Waals surface area contributed by atoms with E-state index in [4.69, 9.17) is 0 Å². The van der Waals surface area contributed by atoms with Gasteiger partial charge in [0, 0.05) is 39.1 Å². The molecule has 0 bridgehead atoms. The molecule has 8 heteroatoms. The van der Waals surface area contributed by atoms with Gasteiger partial charge in [0.1, 0.15) is 10.7 Å². The van der Waals surface area contributed by atoms with E-state index in [-0.39, 0.29) is 11.9 Å². The third-order valence-corrected chi connectivity index (χ3v) is 5.18. The van der Waals surface area contributed by atoms with E-state index >= 15 is 0 Å². The second kappa shape index (κ2) is 6.76. The van der Waals surface area contributed by atoms with Crippen molar-refractivity contribution in [2.45, 2.75) is 26.3 Å². The van der Waals surface area contributed by atoms with Crippen molar-refractivity contribution in [3.8, 4) is 0 Å². The quantitative estimate of drug-likeness (QED) is 0.844. The van der Waals surface area contributed by atoms with Gasteiger partial charge in [0.2, 0.25) is 0 Å². The normalized spacial score (nSPS) is 19.3. The number of hydrogen-bond donors (Lipinski definition) is 0. The molecule has 0 saturated carbocycles. The summed E-state index contributed by atoms with van der Waals surface area (Å²) in [7, 11) is 2.00.